The number of carbonyl (C=O) groups is 2. The van der Waals surface area contributed by atoms with Gasteiger partial charge in [-0.1, -0.05) is 30.3 Å². The van der Waals surface area contributed by atoms with Crippen molar-refractivity contribution in [1.82, 2.24) is 15.3 Å². The molecule has 0 saturated heterocycles. The van der Waals surface area contributed by atoms with Crippen molar-refractivity contribution in [2.24, 2.45) is 0 Å². The van der Waals surface area contributed by atoms with E-state index < -0.39 is 0 Å². The second kappa shape index (κ2) is 6.22. The van der Waals surface area contributed by atoms with E-state index in [-0.39, 0.29) is 31.3 Å². The van der Waals surface area contributed by atoms with Crippen molar-refractivity contribution in [2.45, 2.75) is 0 Å². The van der Waals surface area contributed by atoms with Gasteiger partial charge in [0.15, 0.2) is 0 Å². The topological polar surface area (TPSA) is 93.1 Å². The van der Waals surface area contributed by atoms with Crippen LogP contribution in [0.1, 0.15) is 20.7 Å². The molecule has 1 aliphatic rings. The molecule has 121 valence electrons. The molecule has 2 aromatic carbocycles. The first-order valence-electron chi connectivity index (χ1n) is 7.07. The number of hydrogen-bond acceptors (Lipinski definition) is 3. The van der Waals surface area contributed by atoms with Crippen LogP contribution in [0.3, 0.4) is 0 Å². The molecule has 0 aliphatic carbocycles. The number of fused-ring (bicyclic) bond motifs is 8. The summed E-state index contributed by atoms with van der Waals surface area (Å²) < 4.78 is 7.50. The molecule has 0 atom stereocenters. The van der Waals surface area contributed by atoms with Crippen LogP contribution < -0.4 is 10.3 Å². The first kappa shape index (κ1) is 17.0. The fourth-order valence-electron chi connectivity index (χ4n) is 3.26. The molecule has 4 aromatic rings. The summed E-state index contributed by atoms with van der Waals surface area (Å²) in [6.45, 7) is 4.50. The van der Waals surface area contributed by atoms with Crippen molar-refractivity contribution in [3.8, 4) is 0 Å². The summed E-state index contributed by atoms with van der Waals surface area (Å²) in [7, 11) is 0. The van der Waals surface area contributed by atoms with Gasteiger partial charge in [-0.2, -0.15) is 0 Å². The van der Waals surface area contributed by atoms with E-state index in [0.717, 1.165) is 10.9 Å². The second-order valence-corrected chi connectivity index (χ2v) is 5.29. The predicted molar refractivity (Wildman–Crippen MR) is 85.8 cm³/mol. The number of para-hydroxylation sites is 1. The Morgan fingerprint density at radius 2 is 1.64 bits per heavy atom. The van der Waals surface area contributed by atoms with Gasteiger partial charge in [-0.3, -0.25) is 19.9 Å². The van der Waals surface area contributed by atoms with E-state index in [4.69, 9.17) is 4.65 Å². The van der Waals surface area contributed by atoms with Gasteiger partial charge in [-0.25, -0.2) is 0 Å². The fraction of sp³-hybridized carbons (Fsp3) is 0. The molecule has 0 saturated carbocycles. The number of benzene rings is 2. The van der Waals surface area contributed by atoms with Crippen LogP contribution in [0, 0.1) is 6.65 Å². The van der Waals surface area contributed by atoms with Gasteiger partial charge in [0.1, 0.15) is 0 Å². The van der Waals surface area contributed by atoms with Gasteiger partial charge in [0, 0.05) is 11.6 Å². The Bertz CT molecular complexity index is 1190. The van der Waals surface area contributed by atoms with Crippen LogP contribution in [0.15, 0.2) is 42.6 Å². The van der Waals surface area contributed by atoms with E-state index in [9.17, 15) is 9.59 Å². The Morgan fingerprint density at radius 3 is 2.44 bits per heavy atom. The Morgan fingerprint density at radius 1 is 0.960 bits per heavy atom. The molecule has 5 rings (SSSR count). The summed E-state index contributed by atoms with van der Waals surface area (Å²) in [5.41, 5.74) is 2.93. The third-order valence-electron chi connectivity index (χ3n) is 4.12. The van der Waals surface area contributed by atoms with Crippen LogP contribution in [-0.4, -0.2) is 16.8 Å². The van der Waals surface area contributed by atoms with Gasteiger partial charge in [0.2, 0.25) is 0 Å². The molecular weight excluding hydrogens is 407 g/mol. The van der Waals surface area contributed by atoms with Gasteiger partial charge in [-0.05, 0) is 16.8 Å². The third-order valence-corrected chi connectivity index (χ3v) is 4.12. The monoisotopic (exact) mass is 416 g/mol. The minimum Gasteiger partial charge on any atom is 1.00 e. The van der Waals surface area contributed by atoms with Crippen LogP contribution in [0.2, 0.25) is 0 Å². The molecule has 7 heteroatoms. The molecule has 0 spiro atoms. The van der Waals surface area contributed by atoms with Gasteiger partial charge < -0.3 is 4.98 Å². The van der Waals surface area contributed by atoms with E-state index in [2.05, 4.69) is 21.9 Å². The van der Waals surface area contributed by atoms with E-state index in [0.29, 0.717) is 32.9 Å². The Balaban J connectivity index is 0.000000588. The third kappa shape index (κ3) is 2.22. The SMILES string of the molecule is O=C1NC(=O)c2c1c1cccnc1c1[n-]c3ccccc3c21.[C-]#[O+].[Ru+]. The molecule has 1 N–H and O–H groups in total. The summed E-state index contributed by atoms with van der Waals surface area (Å²) in [5, 5.41) is 4.63. The van der Waals surface area contributed by atoms with Gasteiger partial charge in [-0.15, -0.1) is 11.0 Å². The molecule has 2 aromatic heterocycles. The zero-order valence-electron chi connectivity index (χ0n) is 12.5. The van der Waals surface area contributed by atoms with Crippen molar-refractivity contribution in [2.75, 3.05) is 0 Å². The number of imide groups is 1. The van der Waals surface area contributed by atoms with Crippen molar-refractivity contribution >= 4 is 44.5 Å². The first-order valence-corrected chi connectivity index (χ1v) is 7.07. The summed E-state index contributed by atoms with van der Waals surface area (Å²) in [4.78, 5) is 33.5. The number of nitrogens with zero attached hydrogens (tertiary/aromatic N) is 2. The number of hydrogen-bond donors (Lipinski definition) is 1. The smallest absolute Gasteiger partial charge is 1.00 e. The van der Waals surface area contributed by atoms with Crippen molar-refractivity contribution in [3.63, 3.8) is 0 Å². The van der Waals surface area contributed by atoms with Crippen molar-refractivity contribution < 1.29 is 33.7 Å². The number of amides is 2. The molecular formula is C18H8N3O3Ru. The number of rotatable bonds is 0. The van der Waals surface area contributed by atoms with Crippen molar-refractivity contribution in [1.29, 1.82) is 0 Å². The van der Waals surface area contributed by atoms with Crippen molar-refractivity contribution in [3.05, 3.63) is 60.4 Å². The van der Waals surface area contributed by atoms with Crippen LogP contribution in [0.5, 0.6) is 0 Å². The number of aromatic nitrogens is 2. The quantitative estimate of drug-likeness (QED) is 0.207. The Labute approximate surface area is 154 Å². The summed E-state index contributed by atoms with van der Waals surface area (Å²) >= 11 is 0. The molecule has 1 radical (unpaired) electrons. The van der Waals surface area contributed by atoms with Crippen LogP contribution >= 0.6 is 0 Å². The number of carbonyl (C=O) groups excluding carboxylic acids is 2. The Kier molecular flexibility index (Phi) is 4.23. The summed E-state index contributed by atoms with van der Waals surface area (Å²) in [5.74, 6) is -0.737. The molecule has 0 unspecified atom stereocenters. The predicted octanol–water partition coefficient (Wildman–Crippen LogP) is 2.34. The largest absolute Gasteiger partial charge is 1.00 e. The molecule has 0 bridgehead atoms. The maximum Gasteiger partial charge on any atom is 1.00 e. The van der Waals surface area contributed by atoms with Crippen LogP contribution in [0.4, 0.5) is 0 Å². The Hall–Kier alpha value is -2.85. The maximum atomic E-state index is 12.3. The van der Waals surface area contributed by atoms with E-state index in [1.807, 2.05) is 24.3 Å². The minimum atomic E-state index is -0.370. The van der Waals surface area contributed by atoms with E-state index in [1.165, 1.54) is 0 Å². The minimum absolute atomic E-state index is 0. The van der Waals surface area contributed by atoms with E-state index in [1.54, 1.807) is 18.3 Å². The molecule has 2 amide bonds. The molecule has 1 aliphatic heterocycles. The van der Waals surface area contributed by atoms with Gasteiger partial charge >= 0.3 is 30.8 Å². The second-order valence-electron chi connectivity index (χ2n) is 5.29. The normalized spacial score (nSPS) is 12.4. The summed E-state index contributed by atoms with van der Waals surface area (Å²) in [6, 6.07) is 11.2. The average molecular weight is 415 g/mol. The standard InChI is InChI=1S/C17H9N3O2.CO.Ru/c21-16-12-9-5-3-7-18-14(9)15-11(13(12)17(22)20-16)8-4-1-2-6-10(8)19-15;1-2;/h1-7H,(H2,18,19,20,21,22);;/q;;+1/p-1. The number of nitrogens with one attached hydrogen (secondary N) is 1. The van der Waals surface area contributed by atoms with Crippen LogP contribution in [-0.2, 0) is 24.1 Å². The van der Waals surface area contributed by atoms with Gasteiger partial charge in [0.25, 0.3) is 11.8 Å². The molecule has 0 fully saturated rings. The number of pyridine rings is 1. The molecule has 25 heavy (non-hydrogen) atoms. The molecule has 3 heterocycles. The zero-order valence-corrected chi connectivity index (χ0v) is 14.3. The molecule has 6 nitrogen and oxygen atoms in total. The zero-order chi connectivity index (χ0) is 16.8. The van der Waals surface area contributed by atoms with E-state index >= 15 is 0 Å². The maximum absolute atomic E-state index is 12.3. The average Bonchev–Trinajstić information content (AvgIpc) is 3.14. The van der Waals surface area contributed by atoms with Gasteiger partial charge in [0.05, 0.1) is 16.6 Å². The van der Waals surface area contributed by atoms with Crippen LogP contribution in [0.25, 0.3) is 32.7 Å². The summed E-state index contributed by atoms with van der Waals surface area (Å²) in [6.07, 6.45) is 1.67. The first-order chi connectivity index (χ1) is 11.8. The fourth-order valence-corrected chi connectivity index (χ4v) is 3.26.